The highest BCUT2D eigenvalue weighted by Gasteiger charge is 2.35. The molecule has 0 aromatic heterocycles. The van der Waals surface area contributed by atoms with Gasteiger partial charge in [-0.3, -0.25) is 0 Å². The van der Waals surface area contributed by atoms with Gasteiger partial charge in [-0.15, -0.1) is 0 Å². The molecule has 0 aliphatic carbocycles. The maximum atomic E-state index is 13.0. The van der Waals surface area contributed by atoms with Crippen LogP contribution in [0, 0.1) is 0 Å². The van der Waals surface area contributed by atoms with Crippen LogP contribution in [0.3, 0.4) is 0 Å². The second-order valence-corrected chi connectivity index (χ2v) is 10.6. The number of likely N-dealkylation sites (N-methyl/N-ethyl adjacent to an activating group) is 1. The number of aryl methyl sites for hydroxylation is 1. The topological polar surface area (TPSA) is 35.5 Å². The van der Waals surface area contributed by atoms with E-state index < -0.39 is 0 Å². The highest BCUT2D eigenvalue weighted by molar-refractivity contribution is 5.74. The maximum Gasteiger partial charge on any atom is 0.364 e. The fourth-order valence-corrected chi connectivity index (χ4v) is 4.79. The van der Waals surface area contributed by atoms with Crippen LogP contribution in [-0.2, 0) is 22.5 Å². The Balaban J connectivity index is 1.70. The molecular formula is C32H50NO3+. The van der Waals surface area contributed by atoms with E-state index in [1.54, 1.807) is 0 Å². The van der Waals surface area contributed by atoms with Crippen LogP contribution in [-0.4, -0.2) is 43.8 Å². The Morgan fingerprint density at radius 1 is 0.778 bits per heavy atom. The first-order valence-corrected chi connectivity index (χ1v) is 14.2. The summed E-state index contributed by atoms with van der Waals surface area (Å²) in [4.78, 5) is 13.0. The Morgan fingerprint density at radius 3 is 2.19 bits per heavy atom. The van der Waals surface area contributed by atoms with E-state index in [1.165, 1.54) is 56.1 Å². The lowest BCUT2D eigenvalue weighted by Crippen LogP contribution is -2.52. The molecule has 1 unspecified atom stereocenters. The standard InChI is InChI=1S/C32H50NO3/c1-5-7-8-9-10-11-13-19-28-22-16-23-30(26-28)35-24-17-25-36-32(34)31(18-6-2)33(3,4)27-29-20-14-12-15-21-29/h12,14-16,20-23,26,31H,5-11,13,17-19,24-25,27H2,1-4H3/q+1. The third-order valence-electron chi connectivity index (χ3n) is 6.88. The van der Waals surface area contributed by atoms with Crippen LogP contribution in [0.2, 0.25) is 0 Å². The lowest BCUT2D eigenvalue weighted by molar-refractivity contribution is -0.920. The van der Waals surface area contributed by atoms with Crippen molar-refractivity contribution in [3.63, 3.8) is 0 Å². The first-order chi connectivity index (χ1) is 17.5. The zero-order chi connectivity index (χ0) is 26.1. The quantitative estimate of drug-likeness (QED) is 0.113. The summed E-state index contributed by atoms with van der Waals surface area (Å²) in [6.45, 7) is 6.13. The van der Waals surface area contributed by atoms with Gasteiger partial charge in [-0.25, -0.2) is 4.79 Å². The summed E-state index contributed by atoms with van der Waals surface area (Å²) in [6.07, 6.45) is 12.9. The number of rotatable bonds is 19. The summed E-state index contributed by atoms with van der Waals surface area (Å²) in [5.74, 6) is 0.806. The summed E-state index contributed by atoms with van der Waals surface area (Å²) >= 11 is 0. The minimum absolute atomic E-state index is 0.102. The average molecular weight is 497 g/mol. The lowest BCUT2D eigenvalue weighted by Gasteiger charge is -2.36. The van der Waals surface area contributed by atoms with Crippen LogP contribution >= 0.6 is 0 Å². The Bertz CT molecular complexity index is 849. The number of nitrogens with zero attached hydrogens (tertiary/aromatic N) is 1. The Hall–Kier alpha value is -2.33. The number of ether oxygens (including phenoxy) is 2. The molecule has 0 aliphatic heterocycles. The van der Waals surface area contributed by atoms with Crippen molar-refractivity contribution in [2.45, 2.75) is 97.1 Å². The predicted octanol–water partition coefficient (Wildman–Crippen LogP) is 7.74. The number of benzene rings is 2. The second kappa shape index (κ2) is 17.2. The Labute approximate surface area is 220 Å². The van der Waals surface area contributed by atoms with Gasteiger partial charge in [0.1, 0.15) is 12.3 Å². The molecule has 2 aromatic rings. The van der Waals surface area contributed by atoms with Gasteiger partial charge in [0, 0.05) is 18.4 Å². The number of hydrogen-bond acceptors (Lipinski definition) is 3. The van der Waals surface area contributed by atoms with Gasteiger partial charge in [0.25, 0.3) is 0 Å². The van der Waals surface area contributed by atoms with Crippen molar-refractivity contribution in [1.29, 1.82) is 0 Å². The van der Waals surface area contributed by atoms with Crippen molar-refractivity contribution < 1.29 is 18.8 Å². The van der Waals surface area contributed by atoms with E-state index in [0.717, 1.165) is 31.6 Å². The van der Waals surface area contributed by atoms with Crippen LogP contribution in [0.25, 0.3) is 0 Å². The smallest absolute Gasteiger partial charge is 0.364 e. The Kier molecular flexibility index (Phi) is 14.3. The Morgan fingerprint density at radius 2 is 1.47 bits per heavy atom. The number of unbranched alkanes of at least 4 members (excludes halogenated alkanes) is 6. The summed E-state index contributed by atoms with van der Waals surface area (Å²) in [5.41, 5.74) is 2.58. The fraction of sp³-hybridized carbons (Fsp3) is 0.594. The molecular weight excluding hydrogens is 446 g/mol. The van der Waals surface area contributed by atoms with E-state index in [2.05, 4.69) is 58.3 Å². The van der Waals surface area contributed by atoms with Gasteiger partial charge in [0.2, 0.25) is 0 Å². The molecule has 0 saturated heterocycles. The zero-order valence-electron chi connectivity index (χ0n) is 23.3. The summed E-state index contributed by atoms with van der Waals surface area (Å²) in [6, 6.07) is 18.6. The van der Waals surface area contributed by atoms with E-state index >= 15 is 0 Å². The molecule has 4 nitrogen and oxygen atoms in total. The van der Waals surface area contributed by atoms with Crippen LogP contribution in [0.15, 0.2) is 54.6 Å². The van der Waals surface area contributed by atoms with Crippen LogP contribution in [0.4, 0.5) is 0 Å². The third-order valence-corrected chi connectivity index (χ3v) is 6.88. The van der Waals surface area contributed by atoms with Crippen LogP contribution < -0.4 is 4.74 Å². The first kappa shape index (κ1) is 29.9. The van der Waals surface area contributed by atoms with E-state index in [4.69, 9.17) is 9.47 Å². The molecule has 0 amide bonds. The lowest BCUT2D eigenvalue weighted by atomic mass is 10.0. The van der Waals surface area contributed by atoms with Crippen molar-refractivity contribution in [2.75, 3.05) is 27.3 Å². The van der Waals surface area contributed by atoms with Crippen molar-refractivity contribution in [2.24, 2.45) is 0 Å². The molecule has 200 valence electrons. The number of carbonyl (C=O) groups excluding carboxylic acids is 1. The third kappa shape index (κ3) is 11.6. The molecule has 1 atom stereocenters. The predicted molar refractivity (Wildman–Crippen MR) is 150 cm³/mol. The summed E-state index contributed by atoms with van der Waals surface area (Å²) in [5, 5.41) is 0. The van der Waals surface area contributed by atoms with E-state index in [1.807, 2.05) is 24.3 Å². The second-order valence-electron chi connectivity index (χ2n) is 10.6. The van der Waals surface area contributed by atoms with Gasteiger partial charge in [0.05, 0.1) is 27.3 Å². The molecule has 0 radical (unpaired) electrons. The van der Waals surface area contributed by atoms with Gasteiger partial charge in [-0.1, -0.05) is 94.8 Å². The SMILES string of the molecule is CCCCCCCCCc1cccc(OCCCOC(=O)C(CCC)[N+](C)(C)Cc2ccccc2)c1. The van der Waals surface area contributed by atoms with Crippen molar-refractivity contribution in [3.05, 3.63) is 65.7 Å². The molecule has 36 heavy (non-hydrogen) atoms. The van der Waals surface area contributed by atoms with Gasteiger partial charge in [0.15, 0.2) is 6.04 Å². The van der Waals surface area contributed by atoms with E-state index in [0.29, 0.717) is 24.1 Å². The number of carbonyl (C=O) groups is 1. The van der Waals surface area contributed by atoms with Crippen molar-refractivity contribution >= 4 is 5.97 Å². The minimum Gasteiger partial charge on any atom is -0.493 e. The monoisotopic (exact) mass is 496 g/mol. The van der Waals surface area contributed by atoms with Crippen LogP contribution in [0.1, 0.15) is 89.2 Å². The molecule has 0 aliphatic rings. The maximum absolute atomic E-state index is 13.0. The highest BCUT2D eigenvalue weighted by atomic mass is 16.5. The zero-order valence-corrected chi connectivity index (χ0v) is 23.3. The molecule has 2 aromatic carbocycles. The average Bonchev–Trinajstić information content (AvgIpc) is 2.87. The molecule has 0 bridgehead atoms. The molecule has 4 heteroatoms. The normalized spacial score (nSPS) is 12.3. The van der Waals surface area contributed by atoms with Crippen molar-refractivity contribution in [3.8, 4) is 5.75 Å². The number of esters is 1. The van der Waals surface area contributed by atoms with Gasteiger partial charge in [-0.05, 0) is 37.0 Å². The van der Waals surface area contributed by atoms with E-state index in [9.17, 15) is 4.79 Å². The largest absolute Gasteiger partial charge is 0.493 e. The summed E-state index contributed by atoms with van der Waals surface area (Å²) in [7, 11) is 4.24. The molecule has 0 spiro atoms. The fourth-order valence-electron chi connectivity index (χ4n) is 4.79. The molecule has 0 fully saturated rings. The number of quaternary nitrogens is 1. The number of hydrogen-bond donors (Lipinski definition) is 0. The van der Waals surface area contributed by atoms with Crippen molar-refractivity contribution in [1.82, 2.24) is 0 Å². The van der Waals surface area contributed by atoms with E-state index in [-0.39, 0.29) is 12.0 Å². The van der Waals surface area contributed by atoms with Gasteiger partial charge >= 0.3 is 5.97 Å². The molecule has 0 N–H and O–H groups in total. The molecule has 2 rings (SSSR count). The van der Waals surface area contributed by atoms with Crippen LogP contribution in [0.5, 0.6) is 5.75 Å². The molecule has 0 saturated carbocycles. The highest BCUT2D eigenvalue weighted by Crippen LogP contribution is 2.20. The summed E-state index contributed by atoms with van der Waals surface area (Å²) < 4.78 is 12.3. The van der Waals surface area contributed by atoms with Gasteiger partial charge in [-0.2, -0.15) is 0 Å². The molecule has 0 heterocycles. The minimum atomic E-state index is -0.167. The van der Waals surface area contributed by atoms with Gasteiger partial charge < -0.3 is 14.0 Å². The first-order valence-electron chi connectivity index (χ1n) is 14.2.